The molecule has 0 radical (unpaired) electrons. The molecule has 0 saturated carbocycles. The summed E-state index contributed by atoms with van der Waals surface area (Å²) in [5.41, 5.74) is 1.73. The maximum Gasteiger partial charge on any atom is 0.332 e. The Balaban J connectivity index is 2.32. The number of allylic oxidation sites excluding steroid dienone is 1. The highest BCUT2D eigenvalue weighted by atomic mass is 16.5. The molecular formula is C15H15NO2. The highest BCUT2D eigenvalue weighted by Gasteiger charge is 2.01. The summed E-state index contributed by atoms with van der Waals surface area (Å²) in [6.45, 7) is 1.83. The molecule has 92 valence electrons. The summed E-state index contributed by atoms with van der Waals surface area (Å²) in [4.78, 5) is 11.1. The van der Waals surface area contributed by atoms with Gasteiger partial charge in [0.25, 0.3) is 0 Å². The van der Waals surface area contributed by atoms with E-state index in [1.807, 2.05) is 37.3 Å². The van der Waals surface area contributed by atoms with Gasteiger partial charge in [0.15, 0.2) is 0 Å². The first-order valence-electron chi connectivity index (χ1n) is 5.72. The number of hydrogen-bond acceptors (Lipinski definition) is 3. The fourth-order valence-corrected chi connectivity index (χ4v) is 1.82. The molecule has 0 spiro atoms. The Bertz CT molecular complexity index is 597. The van der Waals surface area contributed by atoms with Gasteiger partial charge in [-0.05, 0) is 18.4 Å². The van der Waals surface area contributed by atoms with E-state index in [-0.39, 0.29) is 5.97 Å². The van der Waals surface area contributed by atoms with Crippen LogP contribution in [-0.4, -0.2) is 13.1 Å². The lowest BCUT2D eigenvalue weighted by Crippen LogP contribution is -2.02. The fourth-order valence-electron chi connectivity index (χ4n) is 1.82. The van der Waals surface area contributed by atoms with Crippen LogP contribution in [-0.2, 0) is 9.53 Å². The molecule has 0 amide bonds. The first kappa shape index (κ1) is 12.2. The van der Waals surface area contributed by atoms with Gasteiger partial charge in [-0.15, -0.1) is 0 Å². The van der Waals surface area contributed by atoms with Crippen LogP contribution in [0.3, 0.4) is 0 Å². The van der Waals surface area contributed by atoms with Crippen molar-refractivity contribution in [2.75, 3.05) is 12.4 Å². The van der Waals surface area contributed by atoms with Gasteiger partial charge in [0.2, 0.25) is 0 Å². The Labute approximate surface area is 106 Å². The number of anilines is 1. The molecular weight excluding hydrogens is 226 g/mol. The van der Waals surface area contributed by atoms with Crippen molar-refractivity contribution in [3.05, 3.63) is 54.2 Å². The van der Waals surface area contributed by atoms with Crippen molar-refractivity contribution in [3.63, 3.8) is 0 Å². The van der Waals surface area contributed by atoms with E-state index in [1.54, 1.807) is 0 Å². The average molecular weight is 241 g/mol. The van der Waals surface area contributed by atoms with E-state index in [2.05, 4.69) is 22.2 Å². The van der Waals surface area contributed by atoms with E-state index in [0.29, 0.717) is 0 Å². The largest absolute Gasteiger partial charge is 0.466 e. The molecule has 0 unspecified atom stereocenters. The Kier molecular flexibility index (Phi) is 3.63. The standard InChI is InChI=1S/C15H15NO2/c1-11(10-15(17)18-2)16-14-9-5-7-12-6-3-4-8-13(12)14/h3-10,16H,1-2H3/b11-10+. The monoisotopic (exact) mass is 241 g/mol. The van der Waals surface area contributed by atoms with Crippen molar-refractivity contribution in [1.29, 1.82) is 0 Å². The van der Waals surface area contributed by atoms with Gasteiger partial charge < -0.3 is 10.1 Å². The summed E-state index contributed by atoms with van der Waals surface area (Å²) in [5, 5.41) is 5.49. The predicted octanol–water partition coefficient (Wildman–Crippen LogP) is 3.33. The summed E-state index contributed by atoms with van der Waals surface area (Å²) < 4.78 is 4.59. The van der Waals surface area contributed by atoms with E-state index >= 15 is 0 Å². The number of nitrogens with one attached hydrogen (secondary N) is 1. The minimum absolute atomic E-state index is 0.361. The molecule has 1 N–H and O–H groups in total. The van der Waals surface area contributed by atoms with Gasteiger partial charge in [-0.1, -0.05) is 36.4 Å². The molecule has 3 heteroatoms. The molecule has 0 fully saturated rings. The number of ether oxygens (including phenoxy) is 1. The first-order chi connectivity index (χ1) is 8.70. The van der Waals surface area contributed by atoms with Gasteiger partial charge in [-0.2, -0.15) is 0 Å². The van der Waals surface area contributed by atoms with Gasteiger partial charge in [-0.25, -0.2) is 4.79 Å². The highest BCUT2D eigenvalue weighted by molar-refractivity contribution is 5.94. The van der Waals surface area contributed by atoms with Crippen LogP contribution >= 0.6 is 0 Å². The molecule has 2 rings (SSSR count). The van der Waals surface area contributed by atoms with Gasteiger partial charge in [-0.3, -0.25) is 0 Å². The zero-order valence-corrected chi connectivity index (χ0v) is 10.4. The van der Waals surface area contributed by atoms with Crippen molar-refractivity contribution < 1.29 is 9.53 Å². The Hall–Kier alpha value is -2.29. The maximum absolute atomic E-state index is 11.1. The van der Waals surface area contributed by atoms with Crippen LogP contribution in [0, 0.1) is 0 Å². The van der Waals surface area contributed by atoms with Crippen molar-refractivity contribution in [3.8, 4) is 0 Å². The highest BCUT2D eigenvalue weighted by Crippen LogP contribution is 2.23. The quantitative estimate of drug-likeness (QED) is 0.661. The molecule has 2 aromatic carbocycles. The second-order valence-electron chi connectivity index (χ2n) is 4.00. The number of carbonyl (C=O) groups excluding carboxylic acids is 1. The van der Waals surface area contributed by atoms with Crippen molar-refractivity contribution in [1.82, 2.24) is 0 Å². The topological polar surface area (TPSA) is 38.3 Å². The molecule has 0 aromatic heterocycles. The maximum atomic E-state index is 11.1. The molecule has 0 bridgehead atoms. The Morgan fingerprint density at radius 1 is 1.17 bits per heavy atom. The molecule has 0 aliphatic carbocycles. The zero-order valence-electron chi connectivity index (χ0n) is 10.4. The number of carbonyl (C=O) groups is 1. The normalized spacial score (nSPS) is 11.3. The van der Waals surface area contributed by atoms with E-state index in [0.717, 1.165) is 22.2 Å². The zero-order chi connectivity index (χ0) is 13.0. The summed E-state index contributed by atoms with van der Waals surface area (Å²) in [6.07, 6.45) is 1.43. The fraction of sp³-hybridized carbons (Fsp3) is 0.133. The summed E-state index contributed by atoms with van der Waals surface area (Å²) in [6, 6.07) is 14.1. The number of rotatable bonds is 3. The van der Waals surface area contributed by atoms with E-state index in [9.17, 15) is 4.79 Å². The van der Waals surface area contributed by atoms with Gasteiger partial charge in [0, 0.05) is 22.8 Å². The molecule has 0 atom stereocenters. The second kappa shape index (κ2) is 5.36. The number of esters is 1. The van der Waals surface area contributed by atoms with Gasteiger partial charge in [0.1, 0.15) is 0 Å². The summed E-state index contributed by atoms with van der Waals surface area (Å²) in [7, 11) is 1.37. The third kappa shape index (κ3) is 2.69. The SMILES string of the molecule is COC(=O)/C=C(\C)Nc1cccc2ccccc12. The van der Waals surface area contributed by atoms with Crippen LogP contribution in [0.25, 0.3) is 10.8 Å². The van der Waals surface area contributed by atoms with Crippen LogP contribution in [0.2, 0.25) is 0 Å². The molecule has 3 nitrogen and oxygen atoms in total. The predicted molar refractivity (Wildman–Crippen MR) is 73.3 cm³/mol. The van der Waals surface area contributed by atoms with Crippen molar-refractivity contribution >= 4 is 22.4 Å². The van der Waals surface area contributed by atoms with E-state index < -0.39 is 0 Å². The Morgan fingerprint density at radius 3 is 2.67 bits per heavy atom. The lowest BCUT2D eigenvalue weighted by atomic mass is 10.1. The molecule has 0 heterocycles. The minimum atomic E-state index is -0.361. The van der Waals surface area contributed by atoms with Crippen LogP contribution in [0.5, 0.6) is 0 Å². The smallest absolute Gasteiger partial charge is 0.332 e. The van der Waals surface area contributed by atoms with E-state index in [1.165, 1.54) is 13.2 Å². The lowest BCUT2D eigenvalue weighted by Gasteiger charge is -2.09. The van der Waals surface area contributed by atoms with Gasteiger partial charge in [0.05, 0.1) is 7.11 Å². The van der Waals surface area contributed by atoms with Crippen molar-refractivity contribution in [2.45, 2.75) is 6.92 Å². The lowest BCUT2D eigenvalue weighted by molar-refractivity contribution is -0.134. The molecule has 2 aromatic rings. The third-order valence-corrected chi connectivity index (χ3v) is 2.66. The average Bonchev–Trinajstić information content (AvgIpc) is 2.39. The number of hydrogen-bond donors (Lipinski definition) is 1. The molecule has 0 aliphatic heterocycles. The Morgan fingerprint density at radius 2 is 1.89 bits per heavy atom. The van der Waals surface area contributed by atoms with Crippen LogP contribution in [0.15, 0.2) is 54.2 Å². The van der Waals surface area contributed by atoms with Crippen molar-refractivity contribution in [2.24, 2.45) is 0 Å². The van der Waals surface area contributed by atoms with Crippen LogP contribution < -0.4 is 5.32 Å². The number of methoxy groups -OCH3 is 1. The molecule has 0 saturated heterocycles. The first-order valence-corrected chi connectivity index (χ1v) is 5.72. The van der Waals surface area contributed by atoms with Crippen LogP contribution in [0.4, 0.5) is 5.69 Å². The second-order valence-corrected chi connectivity index (χ2v) is 4.00. The summed E-state index contributed by atoms with van der Waals surface area (Å²) >= 11 is 0. The minimum Gasteiger partial charge on any atom is -0.466 e. The number of benzene rings is 2. The third-order valence-electron chi connectivity index (χ3n) is 2.66. The molecule has 0 aliphatic rings. The van der Waals surface area contributed by atoms with E-state index in [4.69, 9.17) is 0 Å². The summed E-state index contributed by atoms with van der Waals surface area (Å²) in [5.74, 6) is -0.361. The number of fused-ring (bicyclic) bond motifs is 1. The molecule has 18 heavy (non-hydrogen) atoms. The van der Waals surface area contributed by atoms with Gasteiger partial charge >= 0.3 is 5.97 Å². The van der Waals surface area contributed by atoms with Crippen LogP contribution in [0.1, 0.15) is 6.92 Å².